The zero-order valence-corrected chi connectivity index (χ0v) is 21.3. The van der Waals surface area contributed by atoms with Crippen LogP contribution in [0.25, 0.3) is 10.9 Å². The molecule has 1 aromatic heterocycles. The van der Waals surface area contributed by atoms with Gasteiger partial charge in [0.2, 0.25) is 5.88 Å². The molecule has 1 amide bonds. The van der Waals surface area contributed by atoms with Gasteiger partial charge in [0.25, 0.3) is 5.91 Å². The van der Waals surface area contributed by atoms with Crippen molar-refractivity contribution in [1.82, 2.24) is 9.47 Å². The molecule has 1 aliphatic heterocycles. The Labute approximate surface area is 223 Å². The smallest absolute Gasteiger partial charge is 0.295 e. The summed E-state index contributed by atoms with van der Waals surface area (Å²) in [5, 5.41) is 20.6. The number of carbonyl (C=O) groups excluding carboxylic acids is 1. The minimum Gasteiger partial charge on any atom is -0.493 e. The van der Waals surface area contributed by atoms with Gasteiger partial charge in [-0.15, -0.1) is 10.2 Å². The van der Waals surface area contributed by atoms with Crippen LogP contribution in [-0.4, -0.2) is 46.8 Å². The van der Waals surface area contributed by atoms with Gasteiger partial charge < -0.3 is 14.6 Å². The van der Waals surface area contributed by atoms with Crippen LogP contribution < -0.4 is 4.74 Å². The molecule has 3 aromatic carbocycles. The van der Waals surface area contributed by atoms with Crippen molar-refractivity contribution in [2.75, 3.05) is 26.3 Å². The number of azo groups is 1. The number of hydrogen-bond donors (Lipinski definition) is 1. The van der Waals surface area contributed by atoms with Gasteiger partial charge in [-0.05, 0) is 42.5 Å². The number of ether oxygens (including phenoxy) is 2. The highest BCUT2D eigenvalue weighted by Gasteiger charge is 2.22. The van der Waals surface area contributed by atoms with Crippen LogP contribution in [0.4, 0.5) is 5.69 Å². The first kappa shape index (κ1) is 25.2. The first-order valence-electron chi connectivity index (χ1n) is 11.7. The second-order valence-corrected chi connectivity index (χ2v) is 9.33. The zero-order chi connectivity index (χ0) is 25.8. The number of carbonyl (C=O) groups is 1. The molecular weight excluding hydrogens is 515 g/mol. The van der Waals surface area contributed by atoms with Gasteiger partial charge >= 0.3 is 0 Å². The lowest BCUT2D eigenvalue weighted by Crippen LogP contribution is -2.37. The Hall–Kier alpha value is -3.43. The van der Waals surface area contributed by atoms with E-state index in [1.807, 2.05) is 24.3 Å². The third-order valence-electron chi connectivity index (χ3n) is 6.13. The Morgan fingerprint density at radius 2 is 1.70 bits per heavy atom. The third-order valence-corrected chi connectivity index (χ3v) is 6.81. The molecule has 0 aliphatic carbocycles. The molecule has 0 unspecified atom stereocenters. The van der Waals surface area contributed by atoms with E-state index < -0.39 is 5.91 Å². The maximum absolute atomic E-state index is 12.7. The molecule has 1 saturated heterocycles. The summed E-state index contributed by atoms with van der Waals surface area (Å²) >= 11 is 12.6. The normalized spacial score (nSPS) is 14.4. The number of morpholine rings is 1. The molecule has 10 heteroatoms. The summed E-state index contributed by atoms with van der Waals surface area (Å²) < 4.78 is 12.9. The van der Waals surface area contributed by atoms with E-state index in [0.717, 1.165) is 18.7 Å². The van der Waals surface area contributed by atoms with Crippen LogP contribution in [0.2, 0.25) is 10.0 Å². The highest BCUT2D eigenvalue weighted by Crippen LogP contribution is 2.42. The lowest BCUT2D eigenvalue weighted by atomic mass is 10.2. The number of halogens is 2. The van der Waals surface area contributed by atoms with E-state index in [1.54, 1.807) is 47.0 Å². The molecular formula is C27H24Cl2N4O4. The van der Waals surface area contributed by atoms with E-state index >= 15 is 0 Å². The fourth-order valence-corrected chi connectivity index (χ4v) is 4.58. The molecule has 5 rings (SSSR count). The number of hydrogen-bond acceptors (Lipinski definition) is 6. The molecule has 1 N–H and O–H groups in total. The van der Waals surface area contributed by atoms with E-state index in [0.29, 0.717) is 58.8 Å². The van der Waals surface area contributed by atoms with E-state index in [2.05, 4.69) is 15.1 Å². The van der Waals surface area contributed by atoms with Crippen molar-refractivity contribution in [1.29, 1.82) is 0 Å². The number of rotatable bonds is 7. The highest BCUT2D eigenvalue weighted by molar-refractivity contribution is 6.36. The molecule has 190 valence electrons. The lowest BCUT2D eigenvalue weighted by molar-refractivity contribution is 0.0231. The molecule has 8 nitrogen and oxygen atoms in total. The zero-order valence-electron chi connectivity index (χ0n) is 19.8. The van der Waals surface area contributed by atoms with Crippen molar-refractivity contribution in [3.8, 4) is 11.6 Å². The molecule has 0 saturated carbocycles. The van der Waals surface area contributed by atoms with Gasteiger partial charge in [0.05, 0.1) is 35.8 Å². The van der Waals surface area contributed by atoms with Crippen LogP contribution in [-0.2, 0) is 18.0 Å². The Balaban J connectivity index is 1.33. The Bertz CT molecular complexity index is 1450. The Morgan fingerprint density at radius 1 is 0.973 bits per heavy atom. The Morgan fingerprint density at radius 3 is 2.46 bits per heavy atom. The fraction of sp³-hybridized carbons (Fsp3) is 0.222. The van der Waals surface area contributed by atoms with Crippen LogP contribution >= 0.6 is 23.2 Å². The van der Waals surface area contributed by atoms with Gasteiger partial charge in [-0.1, -0.05) is 47.5 Å². The van der Waals surface area contributed by atoms with Crippen molar-refractivity contribution in [2.45, 2.75) is 13.3 Å². The lowest BCUT2D eigenvalue weighted by Gasteiger charge is -2.27. The molecule has 4 aromatic rings. The van der Waals surface area contributed by atoms with E-state index in [9.17, 15) is 9.90 Å². The minimum absolute atomic E-state index is 0.102. The predicted molar refractivity (Wildman–Crippen MR) is 142 cm³/mol. The monoisotopic (exact) mass is 538 g/mol. The standard InChI is InChI=1S/C27H24Cl2N4O4/c28-21-5-2-1-4-19(21)16-37-20-10-8-18(9-11-20)26(34)31-30-25-24-22(29)6-3-7-23(24)33(27(25)35)17-32-12-14-36-15-13-32/h1-11,35H,12-17H2. The van der Waals surface area contributed by atoms with Crippen molar-refractivity contribution in [2.24, 2.45) is 10.2 Å². The first-order chi connectivity index (χ1) is 18.0. The van der Waals surface area contributed by atoms with Gasteiger partial charge in [-0.25, -0.2) is 0 Å². The van der Waals surface area contributed by atoms with Gasteiger partial charge in [0.15, 0.2) is 5.69 Å². The summed E-state index contributed by atoms with van der Waals surface area (Å²) in [6, 6.07) is 19.4. The molecule has 37 heavy (non-hydrogen) atoms. The van der Waals surface area contributed by atoms with Gasteiger partial charge in [-0.2, -0.15) is 0 Å². The second-order valence-electron chi connectivity index (χ2n) is 8.52. The minimum atomic E-state index is -0.557. The summed E-state index contributed by atoms with van der Waals surface area (Å²) in [6.07, 6.45) is 0. The molecule has 0 bridgehead atoms. The van der Waals surface area contributed by atoms with E-state index in [-0.39, 0.29) is 11.6 Å². The molecule has 2 heterocycles. The van der Waals surface area contributed by atoms with Gasteiger partial charge in [0.1, 0.15) is 12.4 Å². The van der Waals surface area contributed by atoms with Crippen molar-refractivity contribution in [3.63, 3.8) is 0 Å². The molecule has 0 atom stereocenters. The summed E-state index contributed by atoms with van der Waals surface area (Å²) in [5.41, 5.74) is 2.06. The number of amides is 1. The highest BCUT2D eigenvalue weighted by atomic mass is 35.5. The second kappa shape index (κ2) is 11.3. The largest absolute Gasteiger partial charge is 0.493 e. The van der Waals surface area contributed by atoms with Gasteiger partial charge in [-0.3, -0.25) is 14.3 Å². The third kappa shape index (κ3) is 5.62. The summed E-state index contributed by atoms with van der Waals surface area (Å²) in [6.45, 7) is 3.49. The van der Waals surface area contributed by atoms with Crippen LogP contribution in [0.3, 0.4) is 0 Å². The summed E-state index contributed by atoms with van der Waals surface area (Å²) in [4.78, 5) is 14.9. The van der Waals surface area contributed by atoms with Crippen molar-refractivity contribution < 1.29 is 19.4 Å². The number of aromatic hydroxyl groups is 1. The molecule has 0 spiro atoms. The predicted octanol–water partition coefficient (Wildman–Crippen LogP) is 6.45. The van der Waals surface area contributed by atoms with E-state index in [1.165, 1.54) is 0 Å². The number of nitrogens with zero attached hydrogens (tertiary/aromatic N) is 4. The topological polar surface area (TPSA) is 88.6 Å². The SMILES string of the molecule is O=C(N=Nc1c(O)n(CN2CCOCC2)c2cccc(Cl)c12)c1ccc(OCc2ccccc2Cl)cc1. The molecule has 1 fully saturated rings. The van der Waals surface area contributed by atoms with Crippen LogP contribution in [0.5, 0.6) is 11.6 Å². The maximum Gasteiger partial charge on any atom is 0.295 e. The Kier molecular flexibility index (Phi) is 7.71. The first-order valence-corrected chi connectivity index (χ1v) is 12.5. The van der Waals surface area contributed by atoms with Gasteiger partial charge in [0, 0.05) is 29.2 Å². The average molecular weight is 539 g/mol. The van der Waals surface area contributed by atoms with Crippen molar-refractivity contribution >= 4 is 45.7 Å². The van der Waals surface area contributed by atoms with E-state index in [4.69, 9.17) is 32.7 Å². The molecule has 1 aliphatic rings. The van der Waals surface area contributed by atoms with Crippen LogP contribution in [0.1, 0.15) is 15.9 Å². The number of benzene rings is 3. The summed E-state index contributed by atoms with van der Waals surface area (Å²) in [7, 11) is 0. The number of aromatic nitrogens is 1. The summed E-state index contributed by atoms with van der Waals surface area (Å²) in [5.74, 6) is -0.0725. The molecule has 0 radical (unpaired) electrons. The van der Waals surface area contributed by atoms with Crippen LogP contribution in [0.15, 0.2) is 77.0 Å². The average Bonchev–Trinajstić information content (AvgIpc) is 3.19. The number of fused-ring (bicyclic) bond motifs is 1. The fourth-order valence-electron chi connectivity index (χ4n) is 4.13. The maximum atomic E-state index is 12.7. The van der Waals surface area contributed by atoms with Crippen LogP contribution in [0, 0.1) is 0 Å². The van der Waals surface area contributed by atoms with Crippen molar-refractivity contribution in [3.05, 3.63) is 87.9 Å². The quantitative estimate of drug-likeness (QED) is 0.273.